The lowest BCUT2D eigenvalue weighted by Gasteiger charge is -2.10. The molecule has 5 N–H and O–H groups in total. The highest BCUT2D eigenvalue weighted by Crippen LogP contribution is 1.97. The average Bonchev–Trinajstić information content (AvgIpc) is 2.75. The van der Waals surface area contributed by atoms with Crippen molar-refractivity contribution in [2.45, 2.75) is 25.4 Å². The van der Waals surface area contributed by atoms with Gasteiger partial charge in [-0.3, -0.25) is 14.7 Å². The topological polar surface area (TPSA) is 121 Å². The fraction of sp³-hybridized carbons (Fsp3) is 0.444. The van der Waals surface area contributed by atoms with Gasteiger partial charge in [-0.05, 0) is 6.42 Å². The van der Waals surface area contributed by atoms with Crippen molar-refractivity contribution in [2.24, 2.45) is 5.73 Å². The number of rotatable bonds is 6. The SMILES string of the molecule is NC(CCC(=O)O)C(=O)NCc1cn[nH]c1. The van der Waals surface area contributed by atoms with Crippen LogP contribution in [0.1, 0.15) is 18.4 Å². The number of aromatic nitrogens is 2. The Bertz CT molecular complexity index is 350. The van der Waals surface area contributed by atoms with E-state index < -0.39 is 12.0 Å². The lowest BCUT2D eigenvalue weighted by Crippen LogP contribution is -2.40. The van der Waals surface area contributed by atoms with Gasteiger partial charge in [-0.15, -0.1) is 0 Å². The number of carbonyl (C=O) groups is 2. The molecule has 7 nitrogen and oxygen atoms in total. The minimum absolute atomic E-state index is 0.111. The molecule has 88 valence electrons. The standard InChI is InChI=1S/C9H14N4O3/c10-7(1-2-8(14)15)9(16)11-3-6-4-12-13-5-6/h4-5,7H,1-3,10H2,(H,11,16)(H,12,13)(H,14,15). The first kappa shape index (κ1) is 12.2. The van der Waals surface area contributed by atoms with Crippen LogP contribution in [-0.4, -0.2) is 33.2 Å². The number of carboxylic acids is 1. The van der Waals surface area contributed by atoms with Crippen molar-refractivity contribution in [3.8, 4) is 0 Å². The summed E-state index contributed by atoms with van der Waals surface area (Å²) in [6.45, 7) is 0.329. The molecule has 0 aliphatic heterocycles. The Morgan fingerprint density at radius 2 is 2.38 bits per heavy atom. The zero-order valence-electron chi connectivity index (χ0n) is 8.64. The maximum absolute atomic E-state index is 11.4. The van der Waals surface area contributed by atoms with E-state index in [1.807, 2.05) is 0 Å². The van der Waals surface area contributed by atoms with Crippen LogP contribution in [0, 0.1) is 0 Å². The van der Waals surface area contributed by atoms with Crippen LogP contribution >= 0.6 is 0 Å². The molecule has 1 aromatic rings. The van der Waals surface area contributed by atoms with Gasteiger partial charge < -0.3 is 16.2 Å². The smallest absolute Gasteiger partial charge is 0.303 e. The third-order valence-electron chi connectivity index (χ3n) is 2.03. The van der Waals surface area contributed by atoms with Crippen LogP contribution in [0.4, 0.5) is 0 Å². The minimum Gasteiger partial charge on any atom is -0.481 e. The van der Waals surface area contributed by atoms with Crippen LogP contribution in [-0.2, 0) is 16.1 Å². The molecule has 1 aromatic heterocycles. The van der Waals surface area contributed by atoms with Gasteiger partial charge in [-0.2, -0.15) is 5.10 Å². The number of H-pyrrole nitrogens is 1. The molecule has 0 aromatic carbocycles. The fourth-order valence-corrected chi connectivity index (χ4v) is 1.10. The van der Waals surface area contributed by atoms with Crippen LogP contribution in [0.15, 0.2) is 12.4 Å². The molecular weight excluding hydrogens is 212 g/mol. The van der Waals surface area contributed by atoms with Crippen molar-refractivity contribution in [3.63, 3.8) is 0 Å². The molecule has 0 aliphatic rings. The van der Waals surface area contributed by atoms with E-state index in [9.17, 15) is 9.59 Å². The first-order valence-electron chi connectivity index (χ1n) is 4.82. The second-order valence-corrected chi connectivity index (χ2v) is 3.36. The van der Waals surface area contributed by atoms with Gasteiger partial charge in [-0.25, -0.2) is 0 Å². The van der Waals surface area contributed by atoms with E-state index in [0.29, 0.717) is 6.54 Å². The summed E-state index contributed by atoms with van der Waals surface area (Å²) < 4.78 is 0. The number of amides is 1. The Labute approximate surface area is 92.0 Å². The first-order valence-corrected chi connectivity index (χ1v) is 4.82. The van der Waals surface area contributed by atoms with Gasteiger partial charge in [-0.1, -0.05) is 0 Å². The molecule has 0 bridgehead atoms. The number of nitrogens with two attached hydrogens (primary N) is 1. The molecule has 0 saturated heterocycles. The number of aromatic amines is 1. The molecule has 0 aliphatic carbocycles. The lowest BCUT2D eigenvalue weighted by molar-refractivity contribution is -0.137. The van der Waals surface area contributed by atoms with Crippen LogP contribution in [0.25, 0.3) is 0 Å². The molecule has 16 heavy (non-hydrogen) atoms. The van der Waals surface area contributed by atoms with Gasteiger partial charge in [0.1, 0.15) is 0 Å². The van der Waals surface area contributed by atoms with Crippen molar-refractivity contribution < 1.29 is 14.7 Å². The van der Waals surface area contributed by atoms with Crippen molar-refractivity contribution in [3.05, 3.63) is 18.0 Å². The minimum atomic E-state index is -0.960. The molecule has 0 saturated carbocycles. The van der Waals surface area contributed by atoms with Crippen LogP contribution < -0.4 is 11.1 Å². The normalized spacial score (nSPS) is 12.1. The zero-order valence-corrected chi connectivity index (χ0v) is 8.64. The quantitative estimate of drug-likeness (QED) is 0.507. The summed E-state index contributed by atoms with van der Waals surface area (Å²) in [5.74, 6) is -1.32. The van der Waals surface area contributed by atoms with Crippen LogP contribution in [0.5, 0.6) is 0 Å². The number of nitrogens with one attached hydrogen (secondary N) is 2. The highest BCUT2D eigenvalue weighted by Gasteiger charge is 2.14. The van der Waals surface area contributed by atoms with E-state index in [0.717, 1.165) is 5.56 Å². The molecule has 1 amide bonds. The number of carbonyl (C=O) groups excluding carboxylic acids is 1. The molecule has 0 radical (unpaired) electrons. The third-order valence-corrected chi connectivity index (χ3v) is 2.03. The molecule has 1 heterocycles. The van der Waals surface area contributed by atoms with Crippen molar-refractivity contribution >= 4 is 11.9 Å². The monoisotopic (exact) mass is 226 g/mol. The van der Waals surface area contributed by atoms with Crippen LogP contribution in [0.2, 0.25) is 0 Å². The maximum Gasteiger partial charge on any atom is 0.303 e. The largest absolute Gasteiger partial charge is 0.481 e. The Hall–Kier alpha value is -1.89. The number of nitrogens with zero attached hydrogens (tertiary/aromatic N) is 1. The molecule has 1 rings (SSSR count). The fourth-order valence-electron chi connectivity index (χ4n) is 1.10. The summed E-state index contributed by atoms with van der Waals surface area (Å²) in [6, 6.07) is -0.789. The van der Waals surface area contributed by atoms with Gasteiger partial charge in [0, 0.05) is 24.7 Å². The molecule has 1 atom stereocenters. The number of carboxylic acid groups (broad SMARTS) is 1. The average molecular weight is 226 g/mol. The van der Waals surface area contributed by atoms with Gasteiger partial charge in [0.05, 0.1) is 12.2 Å². The predicted molar refractivity (Wildman–Crippen MR) is 55.3 cm³/mol. The zero-order chi connectivity index (χ0) is 12.0. The number of hydrogen-bond acceptors (Lipinski definition) is 4. The highest BCUT2D eigenvalue weighted by molar-refractivity contribution is 5.82. The van der Waals surface area contributed by atoms with Gasteiger partial charge in [0.15, 0.2) is 0 Å². The molecule has 1 unspecified atom stereocenters. The van der Waals surface area contributed by atoms with E-state index >= 15 is 0 Å². The lowest BCUT2D eigenvalue weighted by atomic mass is 10.1. The second kappa shape index (κ2) is 5.86. The summed E-state index contributed by atoms with van der Waals surface area (Å²) in [7, 11) is 0. The maximum atomic E-state index is 11.4. The predicted octanol–water partition coefficient (Wildman–Crippen LogP) is -0.782. The van der Waals surface area contributed by atoms with Gasteiger partial charge in [0.25, 0.3) is 0 Å². The van der Waals surface area contributed by atoms with E-state index in [-0.39, 0.29) is 18.7 Å². The Morgan fingerprint density at radius 1 is 1.62 bits per heavy atom. The number of hydrogen-bond donors (Lipinski definition) is 4. The molecule has 0 fully saturated rings. The Kier molecular flexibility index (Phi) is 4.46. The summed E-state index contributed by atoms with van der Waals surface area (Å²) in [5.41, 5.74) is 6.34. The van der Waals surface area contributed by atoms with Gasteiger partial charge in [0.2, 0.25) is 5.91 Å². The molecule has 0 spiro atoms. The Balaban J connectivity index is 2.26. The van der Waals surface area contributed by atoms with Gasteiger partial charge >= 0.3 is 5.97 Å². The van der Waals surface area contributed by atoms with Crippen molar-refractivity contribution in [1.29, 1.82) is 0 Å². The molecular formula is C9H14N4O3. The molecule has 7 heteroatoms. The van der Waals surface area contributed by atoms with E-state index in [1.54, 1.807) is 12.4 Å². The summed E-state index contributed by atoms with van der Waals surface area (Å²) in [5, 5.41) is 17.3. The Morgan fingerprint density at radius 3 is 2.94 bits per heavy atom. The highest BCUT2D eigenvalue weighted by atomic mass is 16.4. The first-order chi connectivity index (χ1) is 7.59. The van der Waals surface area contributed by atoms with E-state index in [2.05, 4.69) is 15.5 Å². The third kappa shape index (κ3) is 4.09. The second-order valence-electron chi connectivity index (χ2n) is 3.36. The summed E-state index contributed by atoms with van der Waals surface area (Å²) >= 11 is 0. The van der Waals surface area contributed by atoms with Crippen LogP contribution in [0.3, 0.4) is 0 Å². The number of aliphatic carboxylic acids is 1. The van der Waals surface area contributed by atoms with E-state index in [1.165, 1.54) is 0 Å². The van der Waals surface area contributed by atoms with Crippen molar-refractivity contribution in [2.75, 3.05) is 0 Å². The summed E-state index contributed by atoms with van der Waals surface area (Å²) in [4.78, 5) is 21.7. The van der Waals surface area contributed by atoms with E-state index in [4.69, 9.17) is 10.8 Å². The summed E-state index contributed by atoms with van der Waals surface area (Å²) in [6.07, 6.45) is 3.26. The van der Waals surface area contributed by atoms with Crippen molar-refractivity contribution in [1.82, 2.24) is 15.5 Å².